The predicted octanol–water partition coefficient (Wildman–Crippen LogP) is 2.13. The van der Waals surface area contributed by atoms with Crippen molar-refractivity contribution in [2.45, 2.75) is 69.5 Å². The zero-order valence-corrected chi connectivity index (χ0v) is 27.4. The summed E-state index contributed by atoms with van der Waals surface area (Å²) in [6.45, 7) is 8.33. The van der Waals surface area contributed by atoms with Crippen molar-refractivity contribution < 1.29 is 32.6 Å². The van der Waals surface area contributed by atoms with Crippen LogP contribution in [0.25, 0.3) is 0 Å². The molecule has 2 aliphatic rings. The normalized spacial score (nSPS) is 18.1. The molecule has 2 heterocycles. The minimum atomic E-state index is -3.58. The highest BCUT2D eigenvalue weighted by molar-refractivity contribution is 7.91. The second kappa shape index (κ2) is 16.4. The Balaban J connectivity index is 1.35. The number of fused-ring (bicyclic) bond motifs is 1. The van der Waals surface area contributed by atoms with Crippen LogP contribution in [0.3, 0.4) is 0 Å². The van der Waals surface area contributed by atoms with Crippen molar-refractivity contribution in [2.75, 3.05) is 45.3 Å². The first-order valence-corrected chi connectivity index (χ1v) is 17.6. The SMILES string of the molecule is CC[C@H](C)[C@H](NC(=O)CN1CCCC1)C(=O)N[C@@H](Cc1ccccc1)[C@H](O)CNCC(C)CS(=O)(=O)c1ccc2c(c1)OCO2. The van der Waals surface area contributed by atoms with Crippen LogP contribution in [0.15, 0.2) is 53.4 Å². The summed E-state index contributed by atoms with van der Waals surface area (Å²) in [5.74, 6) is -0.0182. The van der Waals surface area contributed by atoms with Crippen molar-refractivity contribution in [1.82, 2.24) is 20.9 Å². The van der Waals surface area contributed by atoms with E-state index in [0.717, 1.165) is 31.5 Å². The van der Waals surface area contributed by atoms with Crippen LogP contribution in [-0.4, -0.2) is 93.7 Å². The van der Waals surface area contributed by atoms with Gasteiger partial charge in [0.05, 0.1) is 29.3 Å². The molecule has 4 N–H and O–H groups in total. The van der Waals surface area contributed by atoms with Crippen molar-refractivity contribution >= 4 is 21.7 Å². The molecule has 12 heteroatoms. The third-order valence-corrected chi connectivity index (χ3v) is 10.5. The first-order chi connectivity index (χ1) is 21.6. The van der Waals surface area contributed by atoms with Crippen LogP contribution in [0.5, 0.6) is 11.5 Å². The molecule has 0 aromatic heterocycles. The van der Waals surface area contributed by atoms with Gasteiger partial charge in [-0.2, -0.15) is 0 Å². The maximum atomic E-state index is 13.6. The summed E-state index contributed by atoms with van der Waals surface area (Å²) in [5.41, 5.74) is 0.947. The van der Waals surface area contributed by atoms with Gasteiger partial charge in [-0.05, 0) is 68.4 Å². The van der Waals surface area contributed by atoms with Gasteiger partial charge < -0.3 is 30.5 Å². The maximum Gasteiger partial charge on any atom is 0.243 e. The monoisotopic (exact) mass is 644 g/mol. The van der Waals surface area contributed by atoms with E-state index in [2.05, 4.69) is 20.9 Å². The van der Waals surface area contributed by atoms with Gasteiger partial charge in [-0.1, -0.05) is 57.5 Å². The summed E-state index contributed by atoms with van der Waals surface area (Å²) in [5, 5.41) is 20.4. The Kier molecular flexibility index (Phi) is 12.6. The van der Waals surface area contributed by atoms with E-state index >= 15 is 0 Å². The third-order valence-electron chi connectivity index (χ3n) is 8.52. The predicted molar refractivity (Wildman–Crippen MR) is 172 cm³/mol. The zero-order chi connectivity index (χ0) is 32.4. The molecule has 0 saturated carbocycles. The molecule has 45 heavy (non-hydrogen) atoms. The number of carbonyl (C=O) groups is 2. The number of rotatable bonds is 17. The number of hydrogen-bond donors (Lipinski definition) is 4. The third kappa shape index (κ3) is 10.2. The number of amides is 2. The standard InChI is InChI=1S/C33H48N4O7S/c1-4-24(3)32(36-31(39)20-37-14-8-9-15-37)33(40)35-27(16-25-10-6-5-7-11-25)28(38)19-34-18-23(2)21-45(41,42)26-12-13-29-30(17-26)44-22-43-29/h5-7,10-13,17,23-24,27-28,32,34,38H,4,8-9,14-16,18-22H2,1-3H3,(H,35,40)(H,36,39)/t23?,24-,27-,28+,32-/m0/s1. The molecule has 5 atom stereocenters. The number of carbonyl (C=O) groups excluding carboxylic acids is 2. The molecule has 0 spiro atoms. The highest BCUT2D eigenvalue weighted by Gasteiger charge is 2.31. The zero-order valence-electron chi connectivity index (χ0n) is 26.5. The Morgan fingerprint density at radius 2 is 1.69 bits per heavy atom. The van der Waals surface area contributed by atoms with Crippen molar-refractivity contribution in [2.24, 2.45) is 11.8 Å². The van der Waals surface area contributed by atoms with Crippen molar-refractivity contribution in [1.29, 1.82) is 0 Å². The Bertz CT molecular complexity index is 1370. The van der Waals surface area contributed by atoms with E-state index in [-0.39, 0.29) is 54.2 Å². The highest BCUT2D eigenvalue weighted by Crippen LogP contribution is 2.34. The van der Waals surface area contributed by atoms with Gasteiger partial charge in [0.1, 0.15) is 6.04 Å². The molecule has 2 aromatic rings. The fraction of sp³-hybridized carbons (Fsp3) is 0.576. The van der Waals surface area contributed by atoms with Crippen LogP contribution in [0.1, 0.15) is 45.6 Å². The van der Waals surface area contributed by atoms with Crippen LogP contribution < -0.4 is 25.4 Å². The van der Waals surface area contributed by atoms with E-state index in [1.54, 1.807) is 6.07 Å². The van der Waals surface area contributed by atoms with Crippen LogP contribution in [-0.2, 0) is 25.8 Å². The molecule has 11 nitrogen and oxygen atoms in total. The molecule has 0 bridgehead atoms. The Labute approximate surface area is 267 Å². The number of benzene rings is 2. The van der Waals surface area contributed by atoms with E-state index in [1.807, 2.05) is 51.1 Å². The second-order valence-corrected chi connectivity index (χ2v) is 14.4. The van der Waals surface area contributed by atoms with Gasteiger partial charge >= 0.3 is 0 Å². The Morgan fingerprint density at radius 3 is 2.40 bits per heavy atom. The topological polar surface area (TPSA) is 146 Å². The quantitative estimate of drug-likeness (QED) is 0.203. The molecule has 248 valence electrons. The molecular formula is C33H48N4O7S. The van der Waals surface area contributed by atoms with Crippen LogP contribution >= 0.6 is 0 Å². The molecule has 2 amide bonds. The summed E-state index contributed by atoms with van der Waals surface area (Å²) >= 11 is 0. The lowest BCUT2D eigenvalue weighted by atomic mass is 9.96. The molecule has 0 aliphatic carbocycles. The molecule has 1 fully saturated rings. The van der Waals surface area contributed by atoms with Crippen molar-refractivity contribution in [3.63, 3.8) is 0 Å². The molecule has 0 radical (unpaired) electrons. The molecule has 1 unspecified atom stereocenters. The molecular weight excluding hydrogens is 596 g/mol. The lowest BCUT2D eigenvalue weighted by Gasteiger charge is -2.30. The largest absolute Gasteiger partial charge is 0.454 e. The van der Waals surface area contributed by atoms with Gasteiger partial charge in [-0.3, -0.25) is 14.5 Å². The summed E-state index contributed by atoms with van der Waals surface area (Å²) < 4.78 is 36.7. The Morgan fingerprint density at radius 1 is 0.978 bits per heavy atom. The van der Waals surface area contributed by atoms with Gasteiger partial charge in [0.25, 0.3) is 0 Å². The van der Waals surface area contributed by atoms with Crippen LogP contribution in [0.4, 0.5) is 0 Å². The first kappa shape index (κ1) is 34.7. The number of aliphatic hydroxyl groups excluding tert-OH is 1. The number of nitrogens with zero attached hydrogens (tertiary/aromatic N) is 1. The summed E-state index contributed by atoms with van der Waals surface area (Å²) in [6, 6.07) is 12.8. The number of hydrogen-bond acceptors (Lipinski definition) is 9. The summed E-state index contributed by atoms with van der Waals surface area (Å²) in [7, 11) is -3.58. The average Bonchev–Trinajstić information content (AvgIpc) is 3.71. The maximum absolute atomic E-state index is 13.6. The summed E-state index contributed by atoms with van der Waals surface area (Å²) in [4.78, 5) is 28.7. The Hall–Kier alpha value is -3.19. The summed E-state index contributed by atoms with van der Waals surface area (Å²) in [6.07, 6.45) is 2.26. The first-order valence-electron chi connectivity index (χ1n) is 15.9. The second-order valence-electron chi connectivity index (χ2n) is 12.3. The fourth-order valence-electron chi connectivity index (χ4n) is 5.71. The van der Waals surface area contributed by atoms with E-state index in [4.69, 9.17) is 9.47 Å². The molecule has 2 aliphatic heterocycles. The van der Waals surface area contributed by atoms with Crippen molar-refractivity contribution in [3.8, 4) is 11.5 Å². The number of likely N-dealkylation sites (tertiary alicyclic amines) is 1. The van der Waals surface area contributed by atoms with Crippen LogP contribution in [0.2, 0.25) is 0 Å². The number of sulfone groups is 1. The molecule has 4 rings (SSSR count). The van der Waals surface area contributed by atoms with Crippen LogP contribution in [0, 0.1) is 11.8 Å². The highest BCUT2D eigenvalue weighted by atomic mass is 32.2. The number of aliphatic hydroxyl groups is 1. The lowest BCUT2D eigenvalue weighted by molar-refractivity contribution is -0.131. The van der Waals surface area contributed by atoms with Gasteiger partial charge in [-0.25, -0.2) is 8.42 Å². The lowest BCUT2D eigenvalue weighted by Crippen LogP contribution is -2.57. The van der Waals surface area contributed by atoms with Gasteiger partial charge in [0.2, 0.25) is 18.6 Å². The van der Waals surface area contributed by atoms with Gasteiger partial charge in [-0.15, -0.1) is 0 Å². The van der Waals surface area contributed by atoms with Gasteiger partial charge in [0.15, 0.2) is 21.3 Å². The number of ether oxygens (including phenoxy) is 2. The minimum Gasteiger partial charge on any atom is -0.454 e. The average molecular weight is 645 g/mol. The fourth-order valence-corrected chi connectivity index (χ4v) is 7.33. The van der Waals surface area contributed by atoms with E-state index in [1.165, 1.54) is 12.1 Å². The van der Waals surface area contributed by atoms with Gasteiger partial charge in [0, 0.05) is 12.6 Å². The molecule has 1 saturated heterocycles. The van der Waals surface area contributed by atoms with E-state index in [0.29, 0.717) is 30.9 Å². The number of nitrogens with one attached hydrogen (secondary N) is 3. The van der Waals surface area contributed by atoms with E-state index < -0.39 is 28.0 Å². The van der Waals surface area contributed by atoms with Crippen molar-refractivity contribution in [3.05, 3.63) is 54.1 Å². The van der Waals surface area contributed by atoms with E-state index in [9.17, 15) is 23.1 Å². The smallest absolute Gasteiger partial charge is 0.243 e. The minimum absolute atomic E-state index is 0.0683. The molecule has 2 aromatic carbocycles.